The molecule has 94 valence electrons. The van der Waals surface area contributed by atoms with Crippen LogP contribution in [0.2, 0.25) is 0 Å². The summed E-state index contributed by atoms with van der Waals surface area (Å²) in [5, 5.41) is 7.95. The summed E-state index contributed by atoms with van der Waals surface area (Å²) in [5.74, 6) is 2.84. The average molecular weight is 235 g/mol. The largest absolute Gasteiger partial charge is 0.315 e. The van der Waals surface area contributed by atoms with E-state index < -0.39 is 0 Å². The Balaban J connectivity index is 1.66. The van der Waals surface area contributed by atoms with Crippen molar-refractivity contribution in [2.75, 3.05) is 26.2 Å². The van der Waals surface area contributed by atoms with Crippen molar-refractivity contribution in [3.63, 3.8) is 0 Å². The van der Waals surface area contributed by atoms with E-state index in [2.05, 4.69) is 20.3 Å². The van der Waals surface area contributed by atoms with Gasteiger partial charge < -0.3 is 5.32 Å². The minimum atomic E-state index is 0.653. The molecule has 0 radical (unpaired) electrons. The Morgan fingerprint density at radius 3 is 3.00 bits per heavy atom. The fraction of sp³-hybridized carbons (Fsp3) is 0.833. The zero-order valence-corrected chi connectivity index (χ0v) is 10.5. The molecule has 0 atom stereocenters. The van der Waals surface area contributed by atoms with Gasteiger partial charge in [-0.2, -0.15) is 5.10 Å². The Morgan fingerprint density at radius 2 is 2.18 bits per heavy atom. The first-order chi connectivity index (χ1) is 8.33. The highest BCUT2D eigenvalue weighted by Crippen LogP contribution is 2.38. The second kappa shape index (κ2) is 4.74. The fourth-order valence-electron chi connectivity index (χ4n) is 2.35. The van der Waals surface area contributed by atoms with Crippen molar-refractivity contribution in [3.05, 3.63) is 11.6 Å². The van der Waals surface area contributed by atoms with Gasteiger partial charge in [0, 0.05) is 26.1 Å². The van der Waals surface area contributed by atoms with Crippen LogP contribution in [0.1, 0.15) is 36.8 Å². The van der Waals surface area contributed by atoms with E-state index in [0.717, 1.165) is 37.8 Å². The third-order valence-corrected chi connectivity index (χ3v) is 3.61. The second-order valence-corrected chi connectivity index (χ2v) is 5.16. The van der Waals surface area contributed by atoms with Gasteiger partial charge in [0.25, 0.3) is 0 Å². The third kappa shape index (κ3) is 2.66. The standard InChI is InChI=1S/C12H21N5/c1-16-11(14-12(15-16)10-3-4-10)9-17-7-2-5-13-6-8-17/h10,13H,2-9H2,1H3. The molecule has 17 heavy (non-hydrogen) atoms. The van der Waals surface area contributed by atoms with Crippen molar-refractivity contribution in [1.29, 1.82) is 0 Å². The summed E-state index contributed by atoms with van der Waals surface area (Å²) < 4.78 is 1.96. The van der Waals surface area contributed by atoms with Gasteiger partial charge in [0.15, 0.2) is 5.82 Å². The molecule has 1 aromatic heterocycles. The lowest BCUT2D eigenvalue weighted by atomic mass is 10.4. The molecule has 5 nitrogen and oxygen atoms in total. The molecule has 1 saturated heterocycles. The van der Waals surface area contributed by atoms with Crippen LogP contribution >= 0.6 is 0 Å². The molecule has 3 rings (SSSR count). The summed E-state index contributed by atoms with van der Waals surface area (Å²) in [4.78, 5) is 7.16. The van der Waals surface area contributed by atoms with Gasteiger partial charge >= 0.3 is 0 Å². The van der Waals surface area contributed by atoms with Gasteiger partial charge in [0.2, 0.25) is 0 Å². The molecule has 0 unspecified atom stereocenters. The third-order valence-electron chi connectivity index (χ3n) is 3.61. The Hall–Kier alpha value is -0.940. The Labute approximate surface area is 102 Å². The summed E-state index contributed by atoms with van der Waals surface area (Å²) in [6, 6.07) is 0. The second-order valence-electron chi connectivity index (χ2n) is 5.16. The van der Waals surface area contributed by atoms with Crippen LogP contribution in [0.3, 0.4) is 0 Å². The highest BCUT2D eigenvalue weighted by Gasteiger charge is 2.28. The Morgan fingerprint density at radius 1 is 1.29 bits per heavy atom. The molecule has 0 aromatic carbocycles. The number of hydrogen-bond acceptors (Lipinski definition) is 4. The van der Waals surface area contributed by atoms with Crippen molar-refractivity contribution in [1.82, 2.24) is 25.0 Å². The zero-order valence-electron chi connectivity index (χ0n) is 10.5. The van der Waals surface area contributed by atoms with Gasteiger partial charge in [-0.1, -0.05) is 0 Å². The minimum absolute atomic E-state index is 0.653. The van der Waals surface area contributed by atoms with E-state index in [4.69, 9.17) is 0 Å². The first-order valence-electron chi connectivity index (χ1n) is 6.66. The number of aromatic nitrogens is 3. The van der Waals surface area contributed by atoms with Crippen LogP contribution in [0.15, 0.2) is 0 Å². The molecule has 2 aliphatic rings. The molecule has 1 saturated carbocycles. The number of hydrogen-bond donors (Lipinski definition) is 1. The topological polar surface area (TPSA) is 46.0 Å². The predicted octanol–water partition coefficient (Wildman–Crippen LogP) is 0.488. The highest BCUT2D eigenvalue weighted by atomic mass is 15.4. The summed E-state index contributed by atoms with van der Waals surface area (Å²) in [6.45, 7) is 5.46. The van der Waals surface area contributed by atoms with E-state index in [1.165, 1.54) is 25.8 Å². The van der Waals surface area contributed by atoms with E-state index in [1.54, 1.807) is 0 Å². The van der Waals surface area contributed by atoms with E-state index in [9.17, 15) is 0 Å². The molecule has 0 amide bonds. The quantitative estimate of drug-likeness (QED) is 0.828. The number of aryl methyl sites for hydroxylation is 1. The van der Waals surface area contributed by atoms with E-state index in [1.807, 2.05) is 11.7 Å². The van der Waals surface area contributed by atoms with Crippen LogP contribution in [0.5, 0.6) is 0 Å². The monoisotopic (exact) mass is 235 g/mol. The van der Waals surface area contributed by atoms with Crippen molar-refractivity contribution in [3.8, 4) is 0 Å². The van der Waals surface area contributed by atoms with Gasteiger partial charge in [-0.15, -0.1) is 0 Å². The maximum absolute atomic E-state index is 4.69. The zero-order chi connectivity index (χ0) is 11.7. The molecule has 5 heteroatoms. The van der Waals surface area contributed by atoms with Crippen LogP contribution in [0.25, 0.3) is 0 Å². The maximum atomic E-state index is 4.69. The molecule has 1 aliphatic heterocycles. The summed E-state index contributed by atoms with van der Waals surface area (Å²) >= 11 is 0. The average Bonchev–Trinajstić information content (AvgIpc) is 3.11. The minimum Gasteiger partial charge on any atom is -0.315 e. The highest BCUT2D eigenvalue weighted by molar-refractivity contribution is 5.06. The summed E-state index contributed by atoms with van der Waals surface area (Å²) in [5.41, 5.74) is 0. The van der Waals surface area contributed by atoms with Gasteiger partial charge in [-0.3, -0.25) is 9.58 Å². The fourth-order valence-corrected chi connectivity index (χ4v) is 2.35. The van der Waals surface area contributed by atoms with Crippen molar-refractivity contribution < 1.29 is 0 Å². The molecule has 1 aliphatic carbocycles. The molecule has 1 N–H and O–H groups in total. The van der Waals surface area contributed by atoms with Gasteiger partial charge in [-0.05, 0) is 32.4 Å². The molecular weight excluding hydrogens is 214 g/mol. The lowest BCUT2D eigenvalue weighted by Gasteiger charge is -2.18. The first kappa shape index (κ1) is 11.2. The molecule has 1 aromatic rings. The van der Waals surface area contributed by atoms with Crippen molar-refractivity contribution in [2.45, 2.75) is 31.7 Å². The van der Waals surface area contributed by atoms with Crippen molar-refractivity contribution >= 4 is 0 Å². The van der Waals surface area contributed by atoms with Crippen LogP contribution < -0.4 is 5.32 Å². The van der Waals surface area contributed by atoms with Crippen LogP contribution in [-0.4, -0.2) is 45.8 Å². The summed E-state index contributed by atoms with van der Waals surface area (Å²) in [7, 11) is 2.02. The first-order valence-corrected chi connectivity index (χ1v) is 6.66. The van der Waals surface area contributed by atoms with Gasteiger partial charge in [0.1, 0.15) is 5.82 Å². The normalized spacial score (nSPS) is 22.6. The summed E-state index contributed by atoms with van der Waals surface area (Å²) in [6.07, 6.45) is 3.78. The molecular formula is C12H21N5. The van der Waals surface area contributed by atoms with Crippen LogP contribution in [-0.2, 0) is 13.6 Å². The molecule has 2 heterocycles. The van der Waals surface area contributed by atoms with E-state index >= 15 is 0 Å². The molecule has 0 bridgehead atoms. The molecule has 2 fully saturated rings. The van der Waals surface area contributed by atoms with Crippen LogP contribution in [0.4, 0.5) is 0 Å². The lowest BCUT2D eigenvalue weighted by molar-refractivity contribution is 0.273. The van der Waals surface area contributed by atoms with Gasteiger partial charge in [0.05, 0.1) is 6.54 Å². The SMILES string of the molecule is Cn1nc(C2CC2)nc1CN1CCCNCC1. The number of rotatable bonds is 3. The van der Waals surface area contributed by atoms with E-state index in [-0.39, 0.29) is 0 Å². The predicted molar refractivity (Wildman–Crippen MR) is 65.7 cm³/mol. The maximum Gasteiger partial charge on any atom is 0.154 e. The number of nitrogens with zero attached hydrogens (tertiary/aromatic N) is 4. The van der Waals surface area contributed by atoms with Crippen LogP contribution in [0, 0.1) is 0 Å². The van der Waals surface area contributed by atoms with E-state index in [0.29, 0.717) is 5.92 Å². The van der Waals surface area contributed by atoms with Crippen molar-refractivity contribution in [2.24, 2.45) is 7.05 Å². The Bertz CT molecular complexity index is 374. The van der Waals surface area contributed by atoms with Gasteiger partial charge in [-0.25, -0.2) is 4.98 Å². The Kier molecular flexibility index (Phi) is 3.11. The molecule has 0 spiro atoms. The lowest BCUT2D eigenvalue weighted by Crippen LogP contribution is -2.28. The smallest absolute Gasteiger partial charge is 0.154 e. The number of nitrogens with one attached hydrogen (secondary N) is 1.